The number of fused-ring (bicyclic) bond motifs is 5. The van der Waals surface area contributed by atoms with Crippen LogP contribution in [0.15, 0.2) is 11.6 Å². The summed E-state index contributed by atoms with van der Waals surface area (Å²) in [6.07, 6.45) is 12.6. The Labute approximate surface area is 129 Å². The van der Waals surface area contributed by atoms with Crippen LogP contribution in [0.2, 0.25) is 0 Å². The summed E-state index contributed by atoms with van der Waals surface area (Å²) in [5.41, 5.74) is 2.68. The van der Waals surface area contributed by atoms with Gasteiger partial charge in [-0.05, 0) is 79.1 Å². The molecule has 0 heterocycles. The molecule has 21 heavy (non-hydrogen) atoms. The summed E-state index contributed by atoms with van der Waals surface area (Å²) in [5, 5.41) is 0. The minimum Gasteiger partial charge on any atom is -0.295 e. The maximum Gasteiger partial charge on any atom is 0.155 e. The standard InChI is InChI=1S/C20H30O/c1-13-11-15(21)12-14-6-10-20(3)16(18(13)14)7-9-19(2)8-4-5-17(19)20/h12-13,16-18H,4-11H2,1-3H3/t13?,16-,17-,18+,19+,20?/m1/s1. The van der Waals surface area contributed by atoms with Crippen molar-refractivity contribution in [2.75, 3.05) is 0 Å². The lowest BCUT2D eigenvalue weighted by atomic mass is 9.44. The summed E-state index contributed by atoms with van der Waals surface area (Å²) in [6, 6.07) is 0. The largest absolute Gasteiger partial charge is 0.295 e. The fourth-order valence-electron chi connectivity index (χ4n) is 7.16. The molecule has 4 rings (SSSR count). The van der Waals surface area contributed by atoms with E-state index in [0.717, 1.165) is 18.3 Å². The smallest absolute Gasteiger partial charge is 0.155 e. The maximum absolute atomic E-state index is 11.9. The van der Waals surface area contributed by atoms with Gasteiger partial charge in [-0.3, -0.25) is 4.79 Å². The highest BCUT2D eigenvalue weighted by Gasteiger charge is 2.59. The normalized spacial score (nSPS) is 52.7. The lowest BCUT2D eigenvalue weighted by Crippen LogP contribution is -2.52. The highest BCUT2D eigenvalue weighted by atomic mass is 16.1. The van der Waals surface area contributed by atoms with Crippen LogP contribution < -0.4 is 0 Å². The highest BCUT2D eigenvalue weighted by Crippen LogP contribution is 2.67. The highest BCUT2D eigenvalue weighted by molar-refractivity contribution is 5.91. The summed E-state index contributed by atoms with van der Waals surface area (Å²) < 4.78 is 0. The minimum absolute atomic E-state index is 0.388. The monoisotopic (exact) mass is 286 g/mol. The van der Waals surface area contributed by atoms with Crippen LogP contribution in [0.5, 0.6) is 0 Å². The Bertz CT molecular complexity index is 504. The molecule has 2 unspecified atom stereocenters. The molecular formula is C20H30O. The Morgan fingerprint density at radius 1 is 1.14 bits per heavy atom. The molecule has 0 N–H and O–H groups in total. The molecule has 1 nitrogen and oxygen atoms in total. The summed E-state index contributed by atoms with van der Waals surface area (Å²) in [7, 11) is 0. The molecule has 0 radical (unpaired) electrons. The summed E-state index contributed by atoms with van der Waals surface area (Å²) in [4.78, 5) is 11.9. The molecule has 0 aromatic rings. The third-order valence-electron chi connectivity index (χ3n) is 8.05. The van der Waals surface area contributed by atoms with Gasteiger partial charge in [-0.25, -0.2) is 0 Å². The van der Waals surface area contributed by atoms with Gasteiger partial charge >= 0.3 is 0 Å². The molecule has 0 aliphatic heterocycles. The Balaban J connectivity index is 1.73. The topological polar surface area (TPSA) is 17.1 Å². The lowest BCUT2D eigenvalue weighted by Gasteiger charge is -2.60. The Kier molecular flexibility index (Phi) is 2.98. The molecule has 0 aromatic carbocycles. The molecule has 4 aliphatic carbocycles. The number of carbonyl (C=O) groups excluding carboxylic acids is 1. The number of ketones is 1. The molecule has 0 amide bonds. The predicted octanol–water partition coefficient (Wildman–Crippen LogP) is 5.15. The number of carbonyl (C=O) groups is 1. The predicted molar refractivity (Wildman–Crippen MR) is 85.9 cm³/mol. The average molecular weight is 286 g/mol. The van der Waals surface area contributed by atoms with Crippen LogP contribution in [0, 0.1) is 34.5 Å². The zero-order valence-corrected chi connectivity index (χ0v) is 14.0. The van der Waals surface area contributed by atoms with Crippen molar-refractivity contribution in [3.05, 3.63) is 11.6 Å². The molecule has 0 aromatic heterocycles. The van der Waals surface area contributed by atoms with E-state index in [1.54, 1.807) is 0 Å². The molecule has 1 heteroatoms. The van der Waals surface area contributed by atoms with Gasteiger partial charge < -0.3 is 0 Å². The number of hydrogen-bond acceptors (Lipinski definition) is 1. The minimum atomic E-state index is 0.388. The van der Waals surface area contributed by atoms with Gasteiger partial charge in [0.25, 0.3) is 0 Å². The molecule has 116 valence electrons. The van der Waals surface area contributed by atoms with Crippen molar-refractivity contribution in [1.29, 1.82) is 0 Å². The fourth-order valence-corrected chi connectivity index (χ4v) is 7.16. The van der Waals surface area contributed by atoms with E-state index in [2.05, 4.69) is 20.8 Å². The summed E-state index contributed by atoms with van der Waals surface area (Å²) >= 11 is 0. The van der Waals surface area contributed by atoms with Gasteiger partial charge in [0.15, 0.2) is 5.78 Å². The van der Waals surface area contributed by atoms with E-state index in [1.165, 1.54) is 50.5 Å². The first-order valence-electron chi connectivity index (χ1n) is 9.17. The Morgan fingerprint density at radius 2 is 1.95 bits per heavy atom. The number of rotatable bonds is 0. The molecule has 0 spiro atoms. The van der Waals surface area contributed by atoms with E-state index in [9.17, 15) is 4.79 Å². The molecule has 0 saturated heterocycles. The van der Waals surface area contributed by atoms with E-state index >= 15 is 0 Å². The third-order valence-corrected chi connectivity index (χ3v) is 8.05. The van der Waals surface area contributed by atoms with Crippen LogP contribution in [0.1, 0.15) is 72.1 Å². The first-order chi connectivity index (χ1) is 9.94. The maximum atomic E-state index is 11.9. The molecule has 4 aliphatic rings. The second-order valence-electron chi connectivity index (χ2n) is 9.14. The third kappa shape index (κ3) is 1.85. The molecule has 3 fully saturated rings. The first-order valence-corrected chi connectivity index (χ1v) is 9.17. The van der Waals surface area contributed by atoms with Crippen molar-refractivity contribution in [1.82, 2.24) is 0 Å². The van der Waals surface area contributed by atoms with Crippen molar-refractivity contribution in [3.8, 4) is 0 Å². The second-order valence-corrected chi connectivity index (χ2v) is 9.14. The van der Waals surface area contributed by atoms with Crippen molar-refractivity contribution in [2.45, 2.75) is 72.1 Å². The van der Waals surface area contributed by atoms with Crippen molar-refractivity contribution >= 4 is 5.78 Å². The van der Waals surface area contributed by atoms with Crippen LogP contribution >= 0.6 is 0 Å². The van der Waals surface area contributed by atoms with Crippen LogP contribution in [0.3, 0.4) is 0 Å². The lowest BCUT2D eigenvalue weighted by molar-refractivity contribution is -0.119. The van der Waals surface area contributed by atoms with E-state index in [0.29, 0.717) is 28.4 Å². The van der Waals surface area contributed by atoms with Crippen LogP contribution in [0.25, 0.3) is 0 Å². The van der Waals surface area contributed by atoms with E-state index in [4.69, 9.17) is 0 Å². The zero-order valence-electron chi connectivity index (χ0n) is 14.0. The summed E-state index contributed by atoms with van der Waals surface area (Å²) in [6.45, 7) is 7.53. The van der Waals surface area contributed by atoms with Crippen molar-refractivity contribution < 1.29 is 4.79 Å². The van der Waals surface area contributed by atoms with Gasteiger partial charge in [0.1, 0.15) is 0 Å². The van der Waals surface area contributed by atoms with Gasteiger partial charge in [-0.15, -0.1) is 0 Å². The summed E-state index contributed by atoms with van der Waals surface area (Å²) in [5.74, 6) is 3.46. The van der Waals surface area contributed by atoms with Crippen LogP contribution in [-0.4, -0.2) is 5.78 Å². The van der Waals surface area contributed by atoms with Crippen molar-refractivity contribution in [3.63, 3.8) is 0 Å². The van der Waals surface area contributed by atoms with Gasteiger partial charge in [0.05, 0.1) is 0 Å². The van der Waals surface area contributed by atoms with Gasteiger partial charge in [0, 0.05) is 6.42 Å². The molecule has 6 atom stereocenters. The second kappa shape index (κ2) is 4.46. The first kappa shape index (κ1) is 14.0. The van der Waals surface area contributed by atoms with Crippen LogP contribution in [0.4, 0.5) is 0 Å². The van der Waals surface area contributed by atoms with Gasteiger partial charge in [-0.2, -0.15) is 0 Å². The van der Waals surface area contributed by atoms with E-state index in [-0.39, 0.29) is 0 Å². The quantitative estimate of drug-likeness (QED) is 0.601. The average Bonchev–Trinajstić information content (AvgIpc) is 2.81. The Hall–Kier alpha value is -0.590. The van der Waals surface area contributed by atoms with Crippen molar-refractivity contribution in [2.24, 2.45) is 34.5 Å². The fraction of sp³-hybridized carbons (Fsp3) is 0.850. The molecular weight excluding hydrogens is 256 g/mol. The van der Waals surface area contributed by atoms with E-state index < -0.39 is 0 Å². The SMILES string of the molecule is CC1CC(=O)C=C2CCC3(C)[C@H](CC[C@]4(C)CCC[C@@H]34)[C@H]21. The van der Waals surface area contributed by atoms with Gasteiger partial charge in [-0.1, -0.05) is 32.8 Å². The number of allylic oxidation sites excluding steroid dienone is 1. The van der Waals surface area contributed by atoms with Crippen LogP contribution in [-0.2, 0) is 4.79 Å². The molecule has 3 saturated carbocycles. The zero-order chi connectivity index (χ0) is 14.8. The van der Waals surface area contributed by atoms with Gasteiger partial charge in [0.2, 0.25) is 0 Å². The Morgan fingerprint density at radius 3 is 2.76 bits per heavy atom. The van der Waals surface area contributed by atoms with E-state index in [1.807, 2.05) is 6.08 Å². The molecule has 0 bridgehead atoms. The number of hydrogen-bond donors (Lipinski definition) is 0.